The van der Waals surface area contributed by atoms with Crippen molar-refractivity contribution in [3.05, 3.63) is 77.4 Å². The van der Waals surface area contributed by atoms with Crippen molar-refractivity contribution >= 4 is 32.8 Å². The Morgan fingerprint density at radius 1 is 1.00 bits per heavy atom. The molecular weight excluding hydrogens is 452 g/mol. The molecule has 0 amide bonds. The number of sulfone groups is 1. The third kappa shape index (κ3) is 4.60. The molecule has 0 aliphatic rings. The summed E-state index contributed by atoms with van der Waals surface area (Å²) in [5.41, 5.74) is 1.86. The van der Waals surface area contributed by atoms with Crippen LogP contribution in [0.1, 0.15) is 19.5 Å². The molecule has 4 aromatic rings. The first kappa shape index (κ1) is 21.8. The highest BCUT2D eigenvalue weighted by Crippen LogP contribution is 2.37. The molecule has 0 fully saturated rings. The molecule has 0 radical (unpaired) electrons. The number of halogens is 1. The molecule has 4 rings (SSSR count). The van der Waals surface area contributed by atoms with Crippen LogP contribution in [0.5, 0.6) is 0 Å². The number of aliphatic hydroxyl groups is 1. The highest BCUT2D eigenvalue weighted by Gasteiger charge is 2.24. The van der Waals surface area contributed by atoms with Gasteiger partial charge < -0.3 is 5.11 Å². The van der Waals surface area contributed by atoms with Crippen LogP contribution in [0.25, 0.3) is 26.7 Å². The summed E-state index contributed by atoms with van der Waals surface area (Å²) in [6.07, 6.45) is 1.20. The lowest BCUT2D eigenvalue weighted by Crippen LogP contribution is -2.16. The Morgan fingerprint density at radius 3 is 2.39 bits per heavy atom. The first-order valence-corrected chi connectivity index (χ1v) is 12.6. The number of aromatic nitrogens is 2. The molecule has 0 unspecified atom stereocenters. The Morgan fingerprint density at radius 2 is 1.71 bits per heavy atom. The smallest absolute Gasteiger partial charge is 0.175 e. The van der Waals surface area contributed by atoms with Crippen LogP contribution in [0.2, 0.25) is 5.02 Å². The minimum atomic E-state index is -3.29. The van der Waals surface area contributed by atoms with Gasteiger partial charge in [0.1, 0.15) is 5.60 Å². The number of rotatable bonds is 5. The number of hydrogen-bond acceptors (Lipinski definition) is 5. The molecule has 2 aromatic heterocycles. The second kappa shape index (κ2) is 7.91. The predicted octanol–water partition coefficient (Wildman–Crippen LogP) is 5.55. The zero-order chi connectivity index (χ0) is 22.4. The van der Waals surface area contributed by atoms with Crippen molar-refractivity contribution in [2.45, 2.75) is 24.3 Å². The van der Waals surface area contributed by atoms with Gasteiger partial charge >= 0.3 is 0 Å². The van der Waals surface area contributed by atoms with Gasteiger partial charge in [-0.2, -0.15) is 5.10 Å². The van der Waals surface area contributed by atoms with Crippen LogP contribution >= 0.6 is 22.9 Å². The van der Waals surface area contributed by atoms with Gasteiger partial charge in [0.15, 0.2) is 9.84 Å². The van der Waals surface area contributed by atoms with Crippen LogP contribution in [0.15, 0.2) is 71.6 Å². The van der Waals surface area contributed by atoms with Gasteiger partial charge in [0.25, 0.3) is 0 Å². The van der Waals surface area contributed by atoms with Gasteiger partial charge in [-0.05, 0) is 67.9 Å². The van der Waals surface area contributed by atoms with Crippen molar-refractivity contribution in [1.82, 2.24) is 9.78 Å². The van der Waals surface area contributed by atoms with E-state index in [1.807, 2.05) is 42.5 Å². The lowest BCUT2D eigenvalue weighted by Gasteiger charge is -2.13. The molecule has 0 spiro atoms. The molecule has 0 aliphatic heterocycles. The minimum Gasteiger partial charge on any atom is -0.384 e. The fourth-order valence-electron chi connectivity index (χ4n) is 3.17. The Kier molecular flexibility index (Phi) is 5.55. The van der Waals surface area contributed by atoms with E-state index >= 15 is 0 Å². The van der Waals surface area contributed by atoms with E-state index in [9.17, 15) is 13.5 Å². The van der Waals surface area contributed by atoms with E-state index in [1.165, 1.54) is 17.6 Å². The Labute approximate surface area is 190 Å². The van der Waals surface area contributed by atoms with Crippen LogP contribution in [-0.4, -0.2) is 29.6 Å². The van der Waals surface area contributed by atoms with Crippen LogP contribution < -0.4 is 0 Å². The molecule has 2 heterocycles. The van der Waals surface area contributed by atoms with E-state index in [4.69, 9.17) is 11.6 Å². The van der Waals surface area contributed by atoms with Gasteiger partial charge in [0.2, 0.25) is 0 Å². The van der Waals surface area contributed by atoms with E-state index < -0.39 is 15.4 Å². The first-order valence-electron chi connectivity index (χ1n) is 9.52. The standard InChI is InChI=1S/C23H21ClN2O3S2/c1-23(2,27)22-14-19(26(25-22)17-8-5-7-16(24)13-17)21-11-10-20(30-21)15-6-4-9-18(12-15)31(3,28)29/h4-14,27H,1-3H3. The average molecular weight is 473 g/mol. The van der Waals surface area contributed by atoms with E-state index in [-0.39, 0.29) is 4.90 Å². The summed E-state index contributed by atoms with van der Waals surface area (Å²) in [6.45, 7) is 3.38. The SMILES string of the molecule is CC(C)(O)c1cc(-c2ccc(-c3cccc(S(C)(=O)=O)c3)s2)n(-c2cccc(Cl)c2)n1. The second-order valence-corrected chi connectivity index (χ2v) is 11.4. The van der Waals surface area contributed by atoms with Crippen LogP contribution in [0.3, 0.4) is 0 Å². The Hall–Kier alpha value is -2.45. The minimum absolute atomic E-state index is 0.285. The quantitative estimate of drug-likeness (QED) is 0.413. The highest BCUT2D eigenvalue weighted by molar-refractivity contribution is 7.90. The maximum Gasteiger partial charge on any atom is 0.175 e. The summed E-state index contributed by atoms with van der Waals surface area (Å²) in [5.74, 6) is 0. The molecule has 8 heteroatoms. The molecule has 0 aliphatic carbocycles. The second-order valence-electron chi connectivity index (χ2n) is 7.83. The molecule has 31 heavy (non-hydrogen) atoms. The number of benzene rings is 2. The van der Waals surface area contributed by atoms with Gasteiger partial charge in [0, 0.05) is 16.2 Å². The molecule has 0 atom stereocenters. The van der Waals surface area contributed by atoms with Gasteiger partial charge in [-0.25, -0.2) is 13.1 Å². The summed E-state index contributed by atoms with van der Waals surface area (Å²) in [6, 6.07) is 20.1. The maximum absolute atomic E-state index is 11.9. The predicted molar refractivity (Wildman–Crippen MR) is 126 cm³/mol. The lowest BCUT2D eigenvalue weighted by atomic mass is 10.1. The summed E-state index contributed by atoms with van der Waals surface area (Å²) in [7, 11) is -3.29. The largest absolute Gasteiger partial charge is 0.384 e. The molecule has 1 N–H and O–H groups in total. The van der Waals surface area contributed by atoms with Gasteiger partial charge in [0.05, 0.1) is 26.8 Å². The molecule has 0 saturated heterocycles. The van der Waals surface area contributed by atoms with Crippen molar-refractivity contribution < 1.29 is 13.5 Å². The number of hydrogen-bond donors (Lipinski definition) is 1. The highest BCUT2D eigenvalue weighted by atomic mass is 35.5. The normalized spacial score (nSPS) is 12.3. The number of nitrogens with zero attached hydrogens (tertiary/aromatic N) is 2. The van der Waals surface area contributed by atoms with Gasteiger partial charge in [-0.1, -0.05) is 29.8 Å². The maximum atomic E-state index is 11.9. The van der Waals surface area contributed by atoms with Crippen LogP contribution in [0.4, 0.5) is 0 Å². The van der Waals surface area contributed by atoms with Crippen molar-refractivity contribution in [2.75, 3.05) is 6.26 Å². The van der Waals surface area contributed by atoms with Gasteiger partial charge in [-0.3, -0.25) is 0 Å². The first-order chi connectivity index (χ1) is 14.5. The molecule has 5 nitrogen and oxygen atoms in total. The summed E-state index contributed by atoms with van der Waals surface area (Å²) in [5, 5.41) is 15.7. The third-order valence-electron chi connectivity index (χ3n) is 4.79. The lowest BCUT2D eigenvalue weighted by molar-refractivity contribution is 0.0734. The van der Waals surface area contributed by atoms with Crippen LogP contribution in [-0.2, 0) is 15.4 Å². The molecule has 0 bridgehead atoms. The Balaban J connectivity index is 1.83. The van der Waals surface area contributed by atoms with Crippen molar-refractivity contribution in [2.24, 2.45) is 0 Å². The number of thiophene rings is 1. The van der Waals surface area contributed by atoms with E-state index in [1.54, 1.807) is 42.8 Å². The van der Waals surface area contributed by atoms with Crippen molar-refractivity contribution in [1.29, 1.82) is 0 Å². The van der Waals surface area contributed by atoms with Crippen molar-refractivity contribution in [3.8, 4) is 26.7 Å². The average Bonchev–Trinajstić information content (AvgIpc) is 3.34. The fourth-order valence-corrected chi connectivity index (χ4v) is 5.03. The molecule has 160 valence electrons. The zero-order valence-corrected chi connectivity index (χ0v) is 19.6. The summed E-state index contributed by atoms with van der Waals surface area (Å²) >= 11 is 7.71. The van der Waals surface area contributed by atoms with E-state index in [2.05, 4.69) is 5.10 Å². The zero-order valence-electron chi connectivity index (χ0n) is 17.2. The Bertz CT molecular complexity index is 1370. The van der Waals surface area contributed by atoms with Crippen molar-refractivity contribution in [3.63, 3.8) is 0 Å². The van der Waals surface area contributed by atoms with E-state index in [0.717, 1.165) is 26.7 Å². The van der Waals surface area contributed by atoms with Crippen LogP contribution in [0, 0.1) is 0 Å². The molecular formula is C23H21ClN2O3S2. The monoisotopic (exact) mass is 472 g/mol. The van der Waals surface area contributed by atoms with E-state index in [0.29, 0.717) is 10.7 Å². The fraction of sp³-hybridized carbons (Fsp3) is 0.174. The molecule has 2 aromatic carbocycles. The topological polar surface area (TPSA) is 72.2 Å². The summed E-state index contributed by atoms with van der Waals surface area (Å²) in [4.78, 5) is 2.15. The summed E-state index contributed by atoms with van der Waals surface area (Å²) < 4.78 is 25.6. The molecule has 0 saturated carbocycles. The van der Waals surface area contributed by atoms with Gasteiger partial charge in [-0.15, -0.1) is 11.3 Å². The third-order valence-corrected chi connectivity index (χ3v) is 7.30.